The summed E-state index contributed by atoms with van der Waals surface area (Å²) in [5, 5.41) is 2.75. The summed E-state index contributed by atoms with van der Waals surface area (Å²) in [5.74, 6) is -0.275. The van der Waals surface area contributed by atoms with E-state index < -0.39 is 20.0 Å². The molecule has 0 bridgehead atoms. The zero-order valence-electron chi connectivity index (χ0n) is 18.9. The van der Waals surface area contributed by atoms with Crippen molar-refractivity contribution in [2.24, 2.45) is 0 Å². The fraction of sp³-hybridized carbons (Fsp3) is 0.208. The van der Waals surface area contributed by atoms with E-state index in [4.69, 9.17) is 0 Å². The maximum Gasteiger partial charge on any atom is 0.240 e. The van der Waals surface area contributed by atoms with E-state index in [1.807, 2.05) is 30.3 Å². The quantitative estimate of drug-likeness (QED) is 0.394. The van der Waals surface area contributed by atoms with Gasteiger partial charge in [0.1, 0.15) is 0 Å². The molecule has 3 aromatic rings. The van der Waals surface area contributed by atoms with Crippen LogP contribution in [0.1, 0.15) is 23.1 Å². The van der Waals surface area contributed by atoms with Crippen LogP contribution in [-0.2, 0) is 37.8 Å². The lowest BCUT2D eigenvalue weighted by atomic mass is 10.1. The molecule has 1 amide bonds. The molecule has 0 fully saturated rings. The first-order valence-electron chi connectivity index (χ1n) is 10.6. The summed E-state index contributed by atoms with van der Waals surface area (Å²) in [6, 6.07) is 20.1. The summed E-state index contributed by atoms with van der Waals surface area (Å²) in [5.41, 5.74) is 2.83. The van der Waals surface area contributed by atoms with E-state index >= 15 is 0 Å². The summed E-state index contributed by atoms with van der Waals surface area (Å²) >= 11 is 0. The first kappa shape index (κ1) is 25.6. The van der Waals surface area contributed by atoms with Gasteiger partial charge in [0.05, 0.1) is 9.79 Å². The highest BCUT2D eigenvalue weighted by Crippen LogP contribution is 2.21. The van der Waals surface area contributed by atoms with Gasteiger partial charge in [0.15, 0.2) is 0 Å². The van der Waals surface area contributed by atoms with Crippen LogP contribution in [0.3, 0.4) is 0 Å². The van der Waals surface area contributed by atoms with Crippen LogP contribution in [0.2, 0.25) is 0 Å². The van der Waals surface area contributed by atoms with Crippen molar-refractivity contribution in [3.8, 4) is 0 Å². The van der Waals surface area contributed by atoms with Gasteiger partial charge >= 0.3 is 0 Å². The van der Waals surface area contributed by atoms with Gasteiger partial charge in [0.2, 0.25) is 26.0 Å². The highest BCUT2D eigenvalue weighted by molar-refractivity contribution is 7.89. The van der Waals surface area contributed by atoms with Gasteiger partial charge in [-0.1, -0.05) is 48.5 Å². The third-order valence-electron chi connectivity index (χ3n) is 5.25. The normalized spacial score (nSPS) is 11.8. The number of amides is 1. The number of carbonyl (C=O) groups is 1. The van der Waals surface area contributed by atoms with Gasteiger partial charge in [-0.25, -0.2) is 26.3 Å². The Labute approximate surface area is 200 Å². The predicted molar refractivity (Wildman–Crippen MR) is 131 cm³/mol. The number of hydrogen-bond donors (Lipinski definition) is 3. The SMILES string of the molecule is CNS(=O)(=O)c1ccc(C)c(NC(=O)CCc2ccc(S(=O)(=O)NCc3ccccc3)cc2)c1. The van der Waals surface area contributed by atoms with Crippen LogP contribution in [0.25, 0.3) is 0 Å². The highest BCUT2D eigenvalue weighted by Gasteiger charge is 2.15. The molecule has 0 unspecified atom stereocenters. The fourth-order valence-electron chi connectivity index (χ4n) is 3.18. The van der Waals surface area contributed by atoms with E-state index in [0.29, 0.717) is 12.1 Å². The molecule has 10 heteroatoms. The Balaban J connectivity index is 1.58. The molecule has 0 saturated heterocycles. The van der Waals surface area contributed by atoms with E-state index in [0.717, 1.165) is 16.7 Å². The first-order valence-corrected chi connectivity index (χ1v) is 13.5. The first-order chi connectivity index (χ1) is 16.1. The van der Waals surface area contributed by atoms with Crippen molar-refractivity contribution in [3.05, 3.63) is 89.5 Å². The van der Waals surface area contributed by atoms with Gasteiger partial charge < -0.3 is 5.32 Å². The molecule has 34 heavy (non-hydrogen) atoms. The second kappa shape index (κ2) is 10.9. The van der Waals surface area contributed by atoms with Crippen molar-refractivity contribution in [1.29, 1.82) is 0 Å². The Morgan fingerprint density at radius 1 is 0.794 bits per heavy atom. The monoisotopic (exact) mass is 501 g/mol. The van der Waals surface area contributed by atoms with E-state index in [9.17, 15) is 21.6 Å². The number of sulfonamides is 2. The van der Waals surface area contributed by atoms with Crippen molar-refractivity contribution in [2.75, 3.05) is 12.4 Å². The molecule has 0 aromatic heterocycles. The van der Waals surface area contributed by atoms with Gasteiger partial charge in [0.25, 0.3) is 0 Å². The number of benzene rings is 3. The van der Waals surface area contributed by atoms with Gasteiger partial charge in [-0.2, -0.15) is 0 Å². The molecule has 0 saturated carbocycles. The number of aryl methyl sites for hydroxylation is 2. The Kier molecular flexibility index (Phi) is 8.21. The molecule has 0 aliphatic heterocycles. The van der Waals surface area contributed by atoms with Crippen molar-refractivity contribution in [2.45, 2.75) is 36.1 Å². The third kappa shape index (κ3) is 6.73. The van der Waals surface area contributed by atoms with Crippen LogP contribution in [0.15, 0.2) is 82.6 Å². The maximum atomic E-state index is 12.5. The van der Waals surface area contributed by atoms with Crippen LogP contribution < -0.4 is 14.8 Å². The average molecular weight is 502 g/mol. The summed E-state index contributed by atoms with van der Waals surface area (Å²) in [6.45, 7) is 1.97. The molecular weight excluding hydrogens is 474 g/mol. The minimum absolute atomic E-state index is 0.0635. The second-order valence-corrected chi connectivity index (χ2v) is 11.3. The standard InChI is InChI=1S/C24H27N3O5S2/c1-18-8-12-22(33(29,30)25-2)16-23(18)27-24(28)15-11-19-9-13-21(14-10-19)34(31,32)26-17-20-6-4-3-5-7-20/h3-10,12-14,16,25-26H,11,15,17H2,1-2H3,(H,27,28). The molecule has 0 atom stereocenters. The van der Waals surface area contributed by atoms with Gasteiger partial charge in [0, 0.05) is 18.7 Å². The minimum atomic E-state index is -3.65. The lowest BCUT2D eigenvalue weighted by Gasteiger charge is -2.11. The summed E-state index contributed by atoms with van der Waals surface area (Å²) in [4.78, 5) is 12.6. The predicted octanol–water partition coefficient (Wildman–Crippen LogP) is 2.95. The molecule has 3 N–H and O–H groups in total. The molecule has 0 heterocycles. The van der Waals surface area contributed by atoms with Crippen LogP contribution in [-0.4, -0.2) is 29.8 Å². The Morgan fingerprint density at radius 3 is 2.09 bits per heavy atom. The van der Waals surface area contributed by atoms with Crippen LogP contribution in [0.4, 0.5) is 5.69 Å². The van der Waals surface area contributed by atoms with Gasteiger partial charge in [-0.15, -0.1) is 0 Å². The van der Waals surface area contributed by atoms with E-state index in [1.165, 1.54) is 31.3 Å². The zero-order chi connectivity index (χ0) is 24.8. The third-order valence-corrected chi connectivity index (χ3v) is 8.07. The van der Waals surface area contributed by atoms with E-state index in [1.54, 1.807) is 25.1 Å². The lowest BCUT2D eigenvalue weighted by molar-refractivity contribution is -0.116. The lowest BCUT2D eigenvalue weighted by Crippen LogP contribution is -2.23. The number of hydrogen-bond acceptors (Lipinski definition) is 5. The molecule has 8 nitrogen and oxygen atoms in total. The summed E-state index contributed by atoms with van der Waals surface area (Å²) in [6.07, 6.45) is 0.554. The largest absolute Gasteiger partial charge is 0.326 e. The number of carbonyl (C=O) groups excluding carboxylic acids is 1. The van der Waals surface area contributed by atoms with E-state index in [2.05, 4.69) is 14.8 Å². The van der Waals surface area contributed by atoms with Crippen LogP contribution in [0, 0.1) is 6.92 Å². The molecule has 180 valence electrons. The van der Waals surface area contributed by atoms with Crippen LogP contribution >= 0.6 is 0 Å². The molecule has 0 aliphatic carbocycles. The smallest absolute Gasteiger partial charge is 0.240 e. The summed E-state index contributed by atoms with van der Waals surface area (Å²) < 4.78 is 53.9. The molecular formula is C24H27N3O5S2. The molecule has 0 spiro atoms. The van der Waals surface area contributed by atoms with E-state index in [-0.39, 0.29) is 28.7 Å². The zero-order valence-corrected chi connectivity index (χ0v) is 20.5. The second-order valence-electron chi connectivity index (χ2n) is 7.69. The van der Waals surface area contributed by atoms with Crippen LogP contribution in [0.5, 0.6) is 0 Å². The Hall–Kier alpha value is -3.05. The number of nitrogens with one attached hydrogen (secondary N) is 3. The molecule has 0 radical (unpaired) electrons. The van der Waals surface area contributed by atoms with Gasteiger partial charge in [-0.05, 0) is 61.3 Å². The molecule has 3 aromatic carbocycles. The topological polar surface area (TPSA) is 121 Å². The van der Waals surface area contributed by atoms with Gasteiger partial charge in [-0.3, -0.25) is 4.79 Å². The molecule has 0 aliphatic rings. The maximum absolute atomic E-state index is 12.5. The van der Waals surface area contributed by atoms with Crippen molar-refractivity contribution in [1.82, 2.24) is 9.44 Å². The van der Waals surface area contributed by atoms with Crippen molar-refractivity contribution >= 4 is 31.6 Å². The molecule has 3 rings (SSSR count). The Morgan fingerprint density at radius 2 is 1.44 bits per heavy atom. The van der Waals surface area contributed by atoms with Crippen molar-refractivity contribution in [3.63, 3.8) is 0 Å². The summed E-state index contributed by atoms with van der Waals surface area (Å²) in [7, 11) is -5.95. The highest BCUT2D eigenvalue weighted by atomic mass is 32.2. The average Bonchev–Trinajstić information content (AvgIpc) is 2.83. The minimum Gasteiger partial charge on any atom is -0.326 e. The number of anilines is 1. The van der Waals surface area contributed by atoms with Crippen molar-refractivity contribution < 1.29 is 21.6 Å². The Bertz CT molecular complexity index is 1360. The fourth-order valence-corrected chi connectivity index (χ4v) is 4.96. The number of rotatable bonds is 10.